The van der Waals surface area contributed by atoms with Gasteiger partial charge in [0.25, 0.3) is 0 Å². The summed E-state index contributed by atoms with van der Waals surface area (Å²) < 4.78 is 0. The largest absolute Gasteiger partial charge is 0.325 e. The Morgan fingerprint density at radius 2 is 1.78 bits per heavy atom. The molecule has 0 bridgehead atoms. The SMILES string of the molecule is CC(=O)c1ccc(NC(=O)[C@H](C)N[C@H]2CCC[C@@H](C)[C@H]2C)cc1. The first-order valence-corrected chi connectivity index (χ1v) is 8.56. The molecule has 4 atom stereocenters. The van der Waals surface area contributed by atoms with Gasteiger partial charge in [-0.05, 0) is 56.4 Å². The lowest BCUT2D eigenvalue weighted by atomic mass is 9.78. The van der Waals surface area contributed by atoms with Crippen LogP contribution in [0.1, 0.15) is 57.3 Å². The van der Waals surface area contributed by atoms with Crippen LogP contribution in [0.15, 0.2) is 24.3 Å². The Hall–Kier alpha value is -1.68. The molecule has 0 radical (unpaired) electrons. The molecular formula is C19H28N2O2. The predicted octanol–water partition coefficient (Wildman–Crippen LogP) is 3.63. The van der Waals surface area contributed by atoms with Crippen molar-refractivity contribution in [3.8, 4) is 0 Å². The summed E-state index contributed by atoms with van der Waals surface area (Å²) in [6.45, 7) is 8.00. The molecule has 0 saturated heterocycles. The Labute approximate surface area is 139 Å². The quantitative estimate of drug-likeness (QED) is 0.816. The predicted molar refractivity (Wildman–Crippen MR) is 93.6 cm³/mol. The molecule has 0 aliphatic heterocycles. The van der Waals surface area contributed by atoms with E-state index in [1.807, 2.05) is 6.92 Å². The second-order valence-electron chi connectivity index (χ2n) is 6.88. The third-order valence-electron chi connectivity index (χ3n) is 5.12. The van der Waals surface area contributed by atoms with Gasteiger partial charge in [0.15, 0.2) is 5.78 Å². The number of hydrogen-bond acceptors (Lipinski definition) is 3. The summed E-state index contributed by atoms with van der Waals surface area (Å²) in [6.07, 6.45) is 3.64. The average Bonchev–Trinajstić information content (AvgIpc) is 2.52. The summed E-state index contributed by atoms with van der Waals surface area (Å²) in [7, 11) is 0. The van der Waals surface area contributed by atoms with E-state index in [1.165, 1.54) is 19.8 Å². The molecule has 0 aromatic heterocycles. The molecule has 1 aliphatic carbocycles. The number of benzene rings is 1. The van der Waals surface area contributed by atoms with Crippen LogP contribution in [-0.2, 0) is 4.79 Å². The summed E-state index contributed by atoms with van der Waals surface area (Å²) in [5.41, 5.74) is 1.37. The van der Waals surface area contributed by atoms with Crippen LogP contribution in [0.25, 0.3) is 0 Å². The summed E-state index contributed by atoms with van der Waals surface area (Å²) in [6, 6.07) is 7.18. The standard InChI is InChI=1S/C19H28N2O2/c1-12-6-5-7-18(13(12)2)20-14(3)19(23)21-17-10-8-16(9-11-17)15(4)22/h8-14,18,20H,5-7H2,1-4H3,(H,21,23)/t12-,13-,14+,18+/m1/s1. The van der Waals surface area contributed by atoms with Crippen LogP contribution in [0, 0.1) is 11.8 Å². The highest BCUT2D eigenvalue weighted by Gasteiger charge is 2.29. The molecule has 4 nitrogen and oxygen atoms in total. The number of Topliss-reactive ketones (excluding diaryl/α,β-unsaturated/α-hetero) is 1. The molecule has 1 fully saturated rings. The Balaban J connectivity index is 1.90. The van der Waals surface area contributed by atoms with Crippen molar-refractivity contribution in [2.45, 2.75) is 59.0 Å². The van der Waals surface area contributed by atoms with Gasteiger partial charge in [0.2, 0.25) is 5.91 Å². The van der Waals surface area contributed by atoms with Crippen LogP contribution in [0.3, 0.4) is 0 Å². The van der Waals surface area contributed by atoms with Gasteiger partial charge in [-0.15, -0.1) is 0 Å². The van der Waals surface area contributed by atoms with Gasteiger partial charge in [0.1, 0.15) is 0 Å². The Morgan fingerprint density at radius 1 is 1.13 bits per heavy atom. The number of nitrogens with one attached hydrogen (secondary N) is 2. The van der Waals surface area contributed by atoms with Gasteiger partial charge in [0.05, 0.1) is 6.04 Å². The van der Waals surface area contributed by atoms with Gasteiger partial charge in [-0.3, -0.25) is 9.59 Å². The van der Waals surface area contributed by atoms with Crippen LogP contribution >= 0.6 is 0 Å². The number of anilines is 1. The maximum absolute atomic E-state index is 12.4. The first-order valence-electron chi connectivity index (χ1n) is 8.56. The maximum Gasteiger partial charge on any atom is 0.241 e. The molecule has 4 heteroatoms. The van der Waals surface area contributed by atoms with Crippen molar-refractivity contribution in [3.05, 3.63) is 29.8 Å². The molecule has 2 N–H and O–H groups in total. The zero-order valence-corrected chi connectivity index (χ0v) is 14.6. The lowest BCUT2D eigenvalue weighted by Gasteiger charge is -2.36. The highest BCUT2D eigenvalue weighted by molar-refractivity contribution is 5.96. The Kier molecular flexibility index (Phi) is 5.94. The fourth-order valence-corrected chi connectivity index (χ4v) is 3.25. The van der Waals surface area contributed by atoms with E-state index in [9.17, 15) is 9.59 Å². The van der Waals surface area contributed by atoms with Crippen molar-refractivity contribution in [3.63, 3.8) is 0 Å². The number of carbonyl (C=O) groups is 2. The van der Waals surface area contributed by atoms with Gasteiger partial charge >= 0.3 is 0 Å². The van der Waals surface area contributed by atoms with E-state index in [1.54, 1.807) is 24.3 Å². The van der Waals surface area contributed by atoms with Crippen molar-refractivity contribution in [2.75, 3.05) is 5.32 Å². The van der Waals surface area contributed by atoms with Gasteiger partial charge in [-0.2, -0.15) is 0 Å². The van der Waals surface area contributed by atoms with E-state index in [2.05, 4.69) is 24.5 Å². The Bertz CT molecular complexity index is 553. The fraction of sp³-hybridized carbons (Fsp3) is 0.579. The van der Waals surface area contributed by atoms with E-state index >= 15 is 0 Å². The first kappa shape index (κ1) is 17.7. The number of carbonyl (C=O) groups excluding carboxylic acids is 2. The van der Waals surface area contributed by atoms with E-state index in [4.69, 9.17) is 0 Å². The third-order valence-corrected chi connectivity index (χ3v) is 5.12. The van der Waals surface area contributed by atoms with Gasteiger partial charge in [-0.25, -0.2) is 0 Å². The third kappa shape index (κ3) is 4.64. The smallest absolute Gasteiger partial charge is 0.241 e. The van der Waals surface area contributed by atoms with Crippen molar-refractivity contribution in [2.24, 2.45) is 11.8 Å². The summed E-state index contributed by atoms with van der Waals surface area (Å²) in [5.74, 6) is 1.29. The molecular weight excluding hydrogens is 288 g/mol. The molecule has 0 spiro atoms. The minimum absolute atomic E-state index is 0.0262. The molecule has 23 heavy (non-hydrogen) atoms. The van der Waals surface area contributed by atoms with Gasteiger partial charge in [-0.1, -0.05) is 26.7 Å². The Morgan fingerprint density at radius 3 is 2.39 bits per heavy atom. The molecule has 1 amide bonds. The average molecular weight is 316 g/mol. The van der Waals surface area contributed by atoms with Gasteiger partial charge < -0.3 is 10.6 Å². The van der Waals surface area contributed by atoms with Crippen LogP contribution in [0.2, 0.25) is 0 Å². The fourth-order valence-electron chi connectivity index (χ4n) is 3.25. The number of rotatable bonds is 5. The minimum atomic E-state index is -0.236. The molecule has 0 heterocycles. The van der Waals surface area contributed by atoms with Crippen molar-refractivity contribution >= 4 is 17.4 Å². The molecule has 1 aliphatic rings. The first-order chi connectivity index (χ1) is 10.9. The van der Waals surface area contributed by atoms with E-state index in [0.717, 1.165) is 12.1 Å². The van der Waals surface area contributed by atoms with Crippen LogP contribution in [0.4, 0.5) is 5.69 Å². The molecule has 2 rings (SSSR count). The number of hydrogen-bond donors (Lipinski definition) is 2. The normalized spacial score (nSPS) is 25.7. The minimum Gasteiger partial charge on any atom is -0.325 e. The zero-order valence-electron chi connectivity index (χ0n) is 14.6. The van der Waals surface area contributed by atoms with Crippen molar-refractivity contribution in [1.29, 1.82) is 0 Å². The molecule has 1 aromatic carbocycles. The molecule has 1 aromatic rings. The molecule has 1 saturated carbocycles. The lowest BCUT2D eigenvalue weighted by Crippen LogP contribution is -2.49. The molecule has 126 valence electrons. The van der Waals surface area contributed by atoms with E-state index in [-0.39, 0.29) is 17.7 Å². The summed E-state index contributed by atoms with van der Waals surface area (Å²) in [4.78, 5) is 23.6. The van der Waals surface area contributed by atoms with E-state index in [0.29, 0.717) is 23.4 Å². The van der Waals surface area contributed by atoms with Crippen LogP contribution < -0.4 is 10.6 Å². The topological polar surface area (TPSA) is 58.2 Å². The lowest BCUT2D eigenvalue weighted by molar-refractivity contribution is -0.118. The van der Waals surface area contributed by atoms with Crippen molar-refractivity contribution in [1.82, 2.24) is 5.32 Å². The number of ketones is 1. The summed E-state index contributed by atoms with van der Waals surface area (Å²) in [5, 5.41) is 6.39. The second kappa shape index (κ2) is 7.73. The summed E-state index contributed by atoms with van der Waals surface area (Å²) >= 11 is 0. The highest BCUT2D eigenvalue weighted by Crippen LogP contribution is 2.29. The van der Waals surface area contributed by atoms with E-state index < -0.39 is 0 Å². The van der Waals surface area contributed by atoms with Crippen LogP contribution in [-0.4, -0.2) is 23.8 Å². The maximum atomic E-state index is 12.4. The second-order valence-corrected chi connectivity index (χ2v) is 6.88. The monoisotopic (exact) mass is 316 g/mol. The number of amides is 1. The van der Waals surface area contributed by atoms with Crippen molar-refractivity contribution < 1.29 is 9.59 Å². The highest BCUT2D eigenvalue weighted by atomic mass is 16.2. The zero-order chi connectivity index (χ0) is 17.0. The molecule has 0 unspecified atom stereocenters. The van der Waals surface area contributed by atoms with Crippen LogP contribution in [0.5, 0.6) is 0 Å². The van der Waals surface area contributed by atoms with Gasteiger partial charge in [0, 0.05) is 17.3 Å².